The van der Waals surface area contributed by atoms with Crippen LogP contribution in [0.5, 0.6) is 0 Å². The summed E-state index contributed by atoms with van der Waals surface area (Å²) in [6.45, 7) is 6.14. The number of para-hydroxylation sites is 2. The summed E-state index contributed by atoms with van der Waals surface area (Å²) in [5.74, 6) is 1.11. The number of hydrogen-bond acceptors (Lipinski definition) is 3. The van der Waals surface area contributed by atoms with Gasteiger partial charge in [-0.25, -0.2) is 4.98 Å². The molecule has 0 radical (unpaired) electrons. The minimum Gasteiger partial charge on any atom is -0.337 e. The highest BCUT2D eigenvalue weighted by Crippen LogP contribution is 2.24. The van der Waals surface area contributed by atoms with Crippen LogP contribution in [0.4, 0.5) is 0 Å². The Kier molecular flexibility index (Phi) is 4.84. The van der Waals surface area contributed by atoms with Crippen LogP contribution in [-0.2, 0) is 0 Å². The second-order valence-corrected chi connectivity index (χ2v) is 8.32. The fourth-order valence-electron chi connectivity index (χ4n) is 4.92. The minimum atomic E-state index is 0.156. The van der Waals surface area contributed by atoms with Gasteiger partial charge < -0.3 is 4.90 Å². The van der Waals surface area contributed by atoms with Crippen molar-refractivity contribution in [3.63, 3.8) is 0 Å². The van der Waals surface area contributed by atoms with Crippen molar-refractivity contribution in [3.05, 3.63) is 59.9 Å². The van der Waals surface area contributed by atoms with Gasteiger partial charge >= 0.3 is 0 Å². The van der Waals surface area contributed by atoms with E-state index >= 15 is 0 Å². The average molecular weight is 389 g/mol. The number of nitrogens with zero attached hydrogens (tertiary/aromatic N) is 4. The van der Waals surface area contributed by atoms with Crippen LogP contribution in [0.1, 0.15) is 41.9 Å². The smallest absolute Gasteiger partial charge is 0.253 e. The predicted octanol–water partition coefficient (Wildman–Crippen LogP) is 4.03. The molecule has 0 spiro atoms. The maximum Gasteiger partial charge on any atom is 0.253 e. The number of fused-ring (bicyclic) bond motifs is 1. The third-order valence-corrected chi connectivity index (χ3v) is 6.46. The first kappa shape index (κ1) is 18.4. The van der Waals surface area contributed by atoms with Gasteiger partial charge in [-0.05, 0) is 75.7 Å². The highest BCUT2D eigenvalue weighted by Gasteiger charge is 2.31. The number of benzene rings is 2. The van der Waals surface area contributed by atoms with Crippen molar-refractivity contribution in [2.75, 3.05) is 26.2 Å². The molecule has 0 saturated carbocycles. The Bertz CT molecular complexity index is 1020. The number of imidazole rings is 1. The molecule has 2 aliphatic heterocycles. The van der Waals surface area contributed by atoms with Crippen LogP contribution >= 0.6 is 0 Å². The molecule has 2 aromatic carbocycles. The van der Waals surface area contributed by atoms with E-state index in [-0.39, 0.29) is 5.91 Å². The third kappa shape index (κ3) is 3.44. The van der Waals surface area contributed by atoms with Crippen molar-refractivity contribution in [3.8, 4) is 5.69 Å². The zero-order valence-electron chi connectivity index (χ0n) is 17.1. The Morgan fingerprint density at radius 2 is 1.72 bits per heavy atom. The van der Waals surface area contributed by atoms with Crippen LogP contribution in [0.2, 0.25) is 0 Å². The third-order valence-electron chi connectivity index (χ3n) is 6.46. The van der Waals surface area contributed by atoms with Gasteiger partial charge in [0.2, 0.25) is 0 Å². The first-order valence-corrected chi connectivity index (χ1v) is 10.8. The molecule has 150 valence electrons. The quantitative estimate of drug-likeness (QED) is 0.680. The van der Waals surface area contributed by atoms with Gasteiger partial charge in [0.05, 0.1) is 11.0 Å². The second kappa shape index (κ2) is 7.64. The molecular formula is C24H28N4O. The summed E-state index contributed by atoms with van der Waals surface area (Å²) in [5.41, 5.74) is 3.90. The highest BCUT2D eigenvalue weighted by atomic mass is 16.2. The lowest BCUT2D eigenvalue weighted by atomic mass is 10.1. The molecule has 5 rings (SSSR count). The number of carbonyl (C=O) groups is 1. The second-order valence-electron chi connectivity index (χ2n) is 8.32. The minimum absolute atomic E-state index is 0.156. The van der Waals surface area contributed by atoms with E-state index in [2.05, 4.69) is 20.5 Å². The zero-order valence-corrected chi connectivity index (χ0v) is 17.1. The number of carbonyl (C=O) groups excluding carboxylic acids is 1. The van der Waals surface area contributed by atoms with E-state index in [1.54, 1.807) is 0 Å². The fourth-order valence-corrected chi connectivity index (χ4v) is 4.92. The highest BCUT2D eigenvalue weighted by molar-refractivity contribution is 5.94. The van der Waals surface area contributed by atoms with E-state index in [4.69, 9.17) is 0 Å². The Hall–Kier alpha value is -2.66. The number of aromatic nitrogens is 2. The topological polar surface area (TPSA) is 41.4 Å². The van der Waals surface area contributed by atoms with E-state index in [0.717, 1.165) is 47.6 Å². The van der Waals surface area contributed by atoms with Gasteiger partial charge in [-0.3, -0.25) is 14.3 Å². The van der Waals surface area contributed by atoms with Crippen molar-refractivity contribution >= 4 is 16.9 Å². The van der Waals surface area contributed by atoms with E-state index in [0.29, 0.717) is 6.04 Å². The molecule has 0 unspecified atom stereocenters. The van der Waals surface area contributed by atoms with Gasteiger partial charge in [0.25, 0.3) is 5.91 Å². The van der Waals surface area contributed by atoms with Gasteiger partial charge in [-0.15, -0.1) is 0 Å². The van der Waals surface area contributed by atoms with Gasteiger partial charge in [0.1, 0.15) is 5.82 Å². The number of likely N-dealkylation sites (tertiary alicyclic amines) is 2. The van der Waals surface area contributed by atoms with E-state index in [1.807, 2.05) is 54.3 Å². The molecule has 1 aromatic heterocycles. The summed E-state index contributed by atoms with van der Waals surface area (Å²) in [5, 5.41) is 0. The Morgan fingerprint density at radius 1 is 0.966 bits per heavy atom. The summed E-state index contributed by atoms with van der Waals surface area (Å²) in [6, 6.07) is 16.7. The van der Waals surface area contributed by atoms with E-state index < -0.39 is 0 Å². The van der Waals surface area contributed by atoms with Crippen molar-refractivity contribution in [2.45, 2.75) is 38.6 Å². The van der Waals surface area contributed by atoms with Gasteiger partial charge in [-0.1, -0.05) is 18.6 Å². The SMILES string of the molecule is Cc1nc2ccccc2n1-c1ccc(C(=O)N2CC[C@H](N3CCCCC3)C2)cc1. The zero-order chi connectivity index (χ0) is 19.8. The standard InChI is InChI=1S/C24H28N4O/c1-18-25-22-7-3-4-8-23(22)28(18)20-11-9-19(10-12-20)24(29)27-16-13-21(17-27)26-14-5-2-6-15-26/h3-4,7-12,21H,2,5-6,13-17H2,1H3/t21-/m0/s1. The molecule has 5 heteroatoms. The molecule has 1 atom stereocenters. The van der Waals surface area contributed by atoms with Crippen molar-refractivity contribution in [1.29, 1.82) is 0 Å². The maximum absolute atomic E-state index is 13.0. The molecule has 2 saturated heterocycles. The molecule has 3 heterocycles. The lowest BCUT2D eigenvalue weighted by Crippen LogP contribution is -2.41. The van der Waals surface area contributed by atoms with Crippen LogP contribution < -0.4 is 0 Å². The first-order chi connectivity index (χ1) is 14.2. The molecule has 29 heavy (non-hydrogen) atoms. The number of piperidine rings is 1. The first-order valence-electron chi connectivity index (χ1n) is 10.8. The summed E-state index contributed by atoms with van der Waals surface area (Å²) < 4.78 is 2.14. The molecule has 1 amide bonds. The summed E-state index contributed by atoms with van der Waals surface area (Å²) >= 11 is 0. The van der Waals surface area contributed by atoms with Gasteiger partial charge in [0, 0.05) is 30.4 Å². The van der Waals surface area contributed by atoms with Crippen LogP contribution in [0.15, 0.2) is 48.5 Å². The molecule has 3 aromatic rings. The number of rotatable bonds is 3. The molecule has 0 N–H and O–H groups in total. The molecule has 2 fully saturated rings. The fraction of sp³-hybridized carbons (Fsp3) is 0.417. The number of hydrogen-bond donors (Lipinski definition) is 0. The van der Waals surface area contributed by atoms with Crippen LogP contribution in [0.3, 0.4) is 0 Å². The normalized spacial score (nSPS) is 20.4. The van der Waals surface area contributed by atoms with Gasteiger partial charge in [-0.2, -0.15) is 0 Å². The average Bonchev–Trinajstić information content (AvgIpc) is 3.38. The summed E-state index contributed by atoms with van der Waals surface area (Å²) in [6.07, 6.45) is 5.05. The number of aryl methyl sites for hydroxylation is 1. The molecule has 0 bridgehead atoms. The van der Waals surface area contributed by atoms with Crippen molar-refractivity contribution < 1.29 is 4.79 Å². The largest absolute Gasteiger partial charge is 0.337 e. The molecule has 2 aliphatic rings. The predicted molar refractivity (Wildman–Crippen MR) is 116 cm³/mol. The molecule has 5 nitrogen and oxygen atoms in total. The van der Waals surface area contributed by atoms with Crippen molar-refractivity contribution in [1.82, 2.24) is 19.4 Å². The van der Waals surface area contributed by atoms with Crippen LogP contribution in [0, 0.1) is 6.92 Å². The molecular weight excluding hydrogens is 360 g/mol. The number of amides is 1. The Morgan fingerprint density at radius 3 is 2.52 bits per heavy atom. The summed E-state index contributed by atoms with van der Waals surface area (Å²) in [4.78, 5) is 22.3. The summed E-state index contributed by atoms with van der Waals surface area (Å²) in [7, 11) is 0. The van der Waals surface area contributed by atoms with E-state index in [1.165, 1.54) is 32.4 Å². The Labute approximate surface area is 171 Å². The molecule has 0 aliphatic carbocycles. The van der Waals surface area contributed by atoms with Crippen molar-refractivity contribution in [2.24, 2.45) is 0 Å². The Balaban J connectivity index is 1.32. The van der Waals surface area contributed by atoms with E-state index in [9.17, 15) is 4.79 Å². The maximum atomic E-state index is 13.0. The lowest BCUT2D eigenvalue weighted by molar-refractivity contribution is 0.0771. The van der Waals surface area contributed by atoms with Gasteiger partial charge in [0.15, 0.2) is 0 Å². The monoisotopic (exact) mass is 388 g/mol. The van der Waals surface area contributed by atoms with Crippen LogP contribution in [0.25, 0.3) is 16.7 Å². The lowest BCUT2D eigenvalue weighted by Gasteiger charge is -2.32. The van der Waals surface area contributed by atoms with Crippen LogP contribution in [-0.4, -0.2) is 57.5 Å².